The number of hydrogen-bond acceptors (Lipinski definition) is 2. The molecular formula is C58H38N2O. The molecule has 12 rings (SSSR count). The van der Waals surface area contributed by atoms with Crippen LogP contribution in [0.25, 0.3) is 82.8 Å². The first-order valence-corrected chi connectivity index (χ1v) is 20.8. The fourth-order valence-corrected chi connectivity index (χ4v) is 9.31. The first-order valence-electron chi connectivity index (χ1n) is 20.8. The zero-order chi connectivity index (χ0) is 40.3. The van der Waals surface area contributed by atoms with Gasteiger partial charge in [0.15, 0.2) is 0 Å². The van der Waals surface area contributed by atoms with E-state index in [2.05, 4.69) is 228 Å². The minimum atomic E-state index is 0.903. The van der Waals surface area contributed by atoms with Crippen molar-refractivity contribution in [1.82, 2.24) is 4.57 Å². The molecule has 11 aromatic rings. The van der Waals surface area contributed by atoms with E-state index in [9.17, 15) is 0 Å². The quantitative estimate of drug-likeness (QED) is 0.160. The highest BCUT2D eigenvalue weighted by molar-refractivity contribution is 6.11. The second kappa shape index (κ2) is 14.3. The fourth-order valence-electron chi connectivity index (χ4n) is 9.31. The van der Waals surface area contributed by atoms with Crippen LogP contribution in [0.3, 0.4) is 0 Å². The van der Waals surface area contributed by atoms with Crippen LogP contribution in [-0.4, -0.2) is 4.57 Å². The van der Waals surface area contributed by atoms with Gasteiger partial charge in [0.1, 0.15) is 11.5 Å². The summed E-state index contributed by atoms with van der Waals surface area (Å²) < 4.78 is 8.74. The predicted molar refractivity (Wildman–Crippen MR) is 255 cm³/mol. The molecule has 0 saturated carbocycles. The van der Waals surface area contributed by atoms with Gasteiger partial charge in [-0.1, -0.05) is 152 Å². The minimum absolute atomic E-state index is 0.903. The first-order chi connectivity index (χ1) is 30.2. The summed E-state index contributed by atoms with van der Waals surface area (Å²) in [5.41, 5.74) is 16.4. The Balaban J connectivity index is 0.845. The lowest BCUT2D eigenvalue weighted by molar-refractivity contribution is 0.487. The number of hydrogen-bond donors (Lipinski definition) is 0. The van der Waals surface area contributed by atoms with E-state index in [-0.39, 0.29) is 0 Å². The lowest BCUT2D eigenvalue weighted by atomic mass is 9.90. The van der Waals surface area contributed by atoms with Gasteiger partial charge in [-0.25, -0.2) is 0 Å². The van der Waals surface area contributed by atoms with Gasteiger partial charge in [-0.05, 0) is 123 Å². The highest BCUT2D eigenvalue weighted by atomic mass is 16.5. The molecule has 3 nitrogen and oxygen atoms in total. The topological polar surface area (TPSA) is 17.4 Å². The van der Waals surface area contributed by atoms with Crippen LogP contribution in [0.15, 0.2) is 231 Å². The van der Waals surface area contributed by atoms with Crippen molar-refractivity contribution < 1.29 is 4.74 Å². The molecule has 0 saturated heterocycles. The molecule has 0 N–H and O–H groups in total. The van der Waals surface area contributed by atoms with E-state index < -0.39 is 0 Å². The summed E-state index contributed by atoms with van der Waals surface area (Å²) in [6.45, 7) is 0. The molecule has 0 unspecified atom stereocenters. The number of rotatable bonds is 7. The number of benzene rings is 10. The Kier molecular flexibility index (Phi) is 8.17. The molecule has 2 heterocycles. The van der Waals surface area contributed by atoms with Crippen LogP contribution in [0.4, 0.5) is 17.1 Å². The van der Waals surface area contributed by atoms with Crippen molar-refractivity contribution in [3.63, 3.8) is 0 Å². The van der Waals surface area contributed by atoms with Crippen LogP contribution >= 0.6 is 0 Å². The van der Waals surface area contributed by atoms with Gasteiger partial charge in [0.2, 0.25) is 0 Å². The van der Waals surface area contributed by atoms with E-state index in [0.717, 1.165) is 45.1 Å². The van der Waals surface area contributed by atoms with Crippen LogP contribution in [-0.2, 0) is 0 Å². The summed E-state index contributed by atoms with van der Waals surface area (Å²) in [4.78, 5) is 2.32. The maximum atomic E-state index is 6.38. The molecule has 0 fully saturated rings. The standard InChI is InChI=1S/C58H38N2O/c1-3-12-44(13-4-1)59(47-33-28-42(29-34-47)48-35-36-52-50-17-8-10-20-56(50)61-57-21-11-18-51(48)58(52)57)46-31-26-40(27-32-46)39-22-24-41(25-23-39)43-30-37-55-53(38-43)49-16-7-9-19-54(49)60(55)45-14-5-2-6-15-45/h1-38H. The molecule has 0 aliphatic carbocycles. The molecule has 3 heteroatoms. The smallest absolute Gasteiger partial charge is 0.135 e. The average molecular weight is 779 g/mol. The zero-order valence-electron chi connectivity index (χ0n) is 33.2. The maximum absolute atomic E-state index is 6.38. The van der Waals surface area contributed by atoms with Gasteiger partial charge in [0, 0.05) is 44.5 Å². The lowest BCUT2D eigenvalue weighted by Gasteiger charge is -2.26. The van der Waals surface area contributed by atoms with Gasteiger partial charge >= 0.3 is 0 Å². The van der Waals surface area contributed by atoms with Crippen molar-refractivity contribution in [1.29, 1.82) is 0 Å². The third kappa shape index (κ3) is 5.90. The molecule has 1 aliphatic rings. The Morgan fingerprint density at radius 1 is 0.311 bits per heavy atom. The maximum Gasteiger partial charge on any atom is 0.135 e. The molecule has 10 aromatic carbocycles. The molecule has 1 aliphatic heterocycles. The van der Waals surface area contributed by atoms with Gasteiger partial charge < -0.3 is 14.2 Å². The van der Waals surface area contributed by atoms with E-state index in [0.29, 0.717) is 0 Å². The summed E-state index contributed by atoms with van der Waals surface area (Å²) in [6.07, 6.45) is 0. The summed E-state index contributed by atoms with van der Waals surface area (Å²) in [7, 11) is 0. The van der Waals surface area contributed by atoms with Gasteiger partial charge in [-0.2, -0.15) is 0 Å². The SMILES string of the molecule is c1ccc(N(c2ccc(-c3ccc(-c4ccc5c(c4)c4ccccc4n5-c4ccccc4)cc3)cc2)c2ccc(-c3ccc4c5c(cccc35)Oc3ccccc3-4)cc2)cc1. The second-order valence-corrected chi connectivity index (χ2v) is 15.7. The molecule has 0 atom stereocenters. The van der Waals surface area contributed by atoms with Crippen molar-refractivity contribution in [3.8, 4) is 61.7 Å². The van der Waals surface area contributed by atoms with Crippen molar-refractivity contribution in [2.45, 2.75) is 0 Å². The average Bonchev–Trinajstić information content (AvgIpc) is 3.67. The van der Waals surface area contributed by atoms with E-state index in [1.54, 1.807) is 0 Å². The largest absolute Gasteiger partial charge is 0.456 e. The zero-order valence-corrected chi connectivity index (χ0v) is 33.2. The van der Waals surface area contributed by atoms with Crippen LogP contribution in [0.2, 0.25) is 0 Å². The number of fused-ring (bicyclic) bond motifs is 5. The second-order valence-electron chi connectivity index (χ2n) is 15.7. The van der Waals surface area contributed by atoms with Gasteiger partial charge in [-0.3, -0.25) is 0 Å². The Bertz CT molecular complexity index is 3410. The number of anilines is 3. The minimum Gasteiger partial charge on any atom is -0.456 e. The summed E-state index contributed by atoms with van der Waals surface area (Å²) in [6, 6.07) is 82.7. The van der Waals surface area contributed by atoms with Gasteiger partial charge in [0.05, 0.1) is 11.0 Å². The third-order valence-electron chi connectivity index (χ3n) is 12.2. The Morgan fingerprint density at radius 2 is 0.836 bits per heavy atom. The Morgan fingerprint density at radius 3 is 1.59 bits per heavy atom. The van der Waals surface area contributed by atoms with E-state index in [1.165, 1.54) is 66.3 Å². The van der Waals surface area contributed by atoms with Crippen LogP contribution in [0, 0.1) is 0 Å². The Labute approximate surface area is 354 Å². The third-order valence-corrected chi connectivity index (χ3v) is 12.2. The summed E-state index contributed by atoms with van der Waals surface area (Å²) in [5.74, 6) is 1.81. The van der Waals surface area contributed by atoms with Crippen LogP contribution < -0.4 is 9.64 Å². The molecule has 0 amide bonds. The normalized spacial score (nSPS) is 11.7. The Hall–Kier alpha value is -8.14. The number of nitrogens with zero attached hydrogens (tertiary/aromatic N) is 2. The molecule has 286 valence electrons. The first kappa shape index (κ1) is 34.9. The van der Waals surface area contributed by atoms with Crippen molar-refractivity contribution >= 4 is 49.6 Å². The van der Waals surface area contributed by atoms with E-state index >= 15 is 0 Å². The van der Waals surface area contributed by atoms with Crippen molar-refractivity contribution in [2.75, 3.05) is 4.90 Å². The van der Waals surface area contributed by atoms with Crippen molar-refractivity contribution in [2.24, 2.45) is 0 Å². The molecule has 0 radical (unpaired) electrons. The fraction of sp³-hybridized carbons (Fsp3) is 0. The summed E-state index contributed by atoms with van der Waals surface area (Å²) >= 11 is 0. The van der Waals surface area contributed by atoms with Gasteiger partial charge in [0.25, 0.3) is 0 Å². The van der Waals surface area contributed by atoms with Crippen molar-refractivity contribution in [3.05, 3.63) is 231 Å². The highest BCUT2D eigenvalue weighted by Crippen LogP contribution is 2.49. The monoisotopic (exact) mass is 778 g/mol. The van der Waals surface area contributed by atoms with Crippen LogP contribution in [0.1, 0.15) is 0 Å². The van der Waals surface area contributed by atoms with Gasteiger partial charge in [-0.15, -0.1) is 0 Å². The molecular weight excluding hydrogens is 741 g/mol. The summed E-state index contributed by atoms with van der Waals surface area (Å²) in [5, 5.41) is 4.87. The van der Waals surface area contributed by atoms with E-state index in [1.807, 2.05) is 12.1 Å². The molecule has 0 bridgehead atoms. The molecule has 1 aromatic heterocycles. The van der Waals surface area contributed by atoms with E-state index in [4.69, 9.17) is 4.74 Å². The number of aromatic nitrogens is 1. The van der Waals surface area contributed by atoms with Crippen LogP contribution in [0.5, 0.6) is 11.5 Å². The highest BCUT2D eigenvalue weighted by Gasteiger charge is 2.22. The molecule has 61 heavy (non-hydrogen) atoms. The predicted octanol–water partition coefficient (Wildman–Crippen LogP) is 16.2. The lowest BCUT2D eigenvalue weighted by Crippen LogP contribution is -2.09. The molecule has 0 spiro atoms. The number of para-hydroxylation sites is 4. The number of ether oxygens (including phenoxy) is 1.